The van der Waals surface area contributed by atoms with Crippen molar-refractivity contribution >= 4 is 5.78 Å². The number of Topliss-reactive ketones (excluding diaryl/α,β-unsaturated/α-hetero) is 1. The highest BCUT2D eigenvalue weighted by Crippen LogP contribution is 2.24. The molecule has 5 nitrogen and oxygen atoms in total. The van der Waals surface area contributed by atoms with Crippen molar-refractivity contribution in [2.24, 2.45) is 17.6 Å². The van der Waals surface area contributed by atoms with Crippen LogP contribution in [-0.2, 0) is 6.54 Å². The Morgan fingerprint density at radius 1 is 1.53 bits per heavy atom. The first kappa shape index (κ1) is 15.7. The van der Waals surface area contributed by atoms with E-state index in [2.05, 4.69) is 25.9 Å². The molecule has 108 valence electrons. The molecule has 2 N–H and O–H groups in total. The van der Waals surface area contributed by atoms with E-state index in [0.717, 1.165) is 12.8 Å². The third-order valence-electron chi connectivity index (χ3n) is 3.11. The number of carbonyl (C=O) groups is 1. The van der Waals surface area contributed by atoms with Gasteiger partial charge in [-0.25, -0.2) is 0 Å². The average molecular weight is 267 g/mol. The van der Waals surface area contributed by atoms with Crippen LogP contribution in [0.1, 0.15) is 44.1 Å². The number of ketones is 1. The fraction of sp³-hybridized carbons (Fsp3) is 0.714. The maximum atomic E-state index is 12.6. The highest BCUT2D eigenvalue weighted by atomic mass is 16.5. The Balaban J connectivity index is 3.04. The van der Waals surface area contributed by atoms with Crippen molar-refractivity contribution in [1.82, 2.24) is 9.78 Å². The van der Waals surface area contributed by atoms with Crippen molar-refractivity contribution in [2.45, 2.75) is 40.2 Å². The Kier molecular flexibility index (Phi) is 6.02. The highest BCUT2D eigenvalue weighted by Gasteiger charge is 2.26. The fourth-order valence-corrected chi connectivity index (χ4v) is 2.22. The minimum atomic E-state index is -0.166. The van der Waals surface area contributed by atoms with Gasteiger partial charge in [0.2, 0.25) is 0 Å². The molecule has 0 saturated heterocycles. The number of hydrogen-bond acceptors (Lipinski definition) is 4. The van der Waals surface area contributed by atoms with E-state index in [4.69, 9.17) is 10.5 Å². The van der Waals surface area contributed by atoms with Gasteiger partial charge in [0.1, 0.15) is 5.69 Å². The number of aromatic nitrogens is 2. The monoisotopic (exact) mass is 267 g/mol. The summed E-state index contributed by atoms with van der Waals surface area (Å²) in [6.07, 6.45) is 3.31. The molecule has 1 rings (SSSR count). The average Bonchev–Trinajstić information content (AvgIpc) is 2.78. The van der Waals surface area contributed by atoms with E-state index in [9.17, 15) is 4.79 Å². The van der Waals surface area contributed by atoms with Gasteiger partial charge in [-0.05, 0) is 18.8 Å². The third kappa shape index (κ3) is 3.80. The molecule has 1 unspecified atom stereocenters. The first-order chi connectivity index (χ1) is 9.04. The predicted octanol–water partition coefficient (Wildman–Crippen LogP) is 2.11. The predicted molar refractivity (Wildman–Crippen MR) is 75.4 cm³/mol. The van der Waals surface area contributed by atoms with Gasteiger partial charge in [0, 0.05) is 19.0 Å². The van der Waals surface area contributed by atoms with Crippen molar-refractivity contribution in [3.63, 3.8) is 0 Å². The Labute approximate surface area is 115 Å². The molecule has 0 aromatic carbocycles. The van der Waals surface area contributed by atoms with Crippen LogP contribution in [-0.4, -0.2) is 29.2 Å². The van der Waals surface area contributed by atoms with E-state index in [0.29, 0.717) is 30.5 Å². The smallest absolute Gasteiger partial charge is 0.189 e. The van der Waals surface area contributed by atoms with Crippen LogP contribution in [0.25, 0.3) is 0 Å². The second kappa shape index (κ2) is 7.28. The summed E-state index contributed by atoms with van der Waals surface area (Å²) in [5, 5.41) is 4.22. The molecule has 1 aromatic heterocycles. The molecule has 0 amide bonds. The van der Waals surface area contributed by atoms with E-state index in [1.807, 2.05) is 0 Å². The number of carbonyl (C=O) groups excluding carboxylic acids is 1. The Hall–Kier alpha value is -1.36. The Bertz CT molecular complexity index is 413. The normalized spacial score (nSPS) is 12.7. The zero-order chi connectivity index (χ0) is 14.4. The molecule has 0 saturated carbocycles. The van der Waals surface area contributed by atoms with Gasteiger partial charge in [-0.1, -0.05) is 20.8 Å². The van der Waals surface area contributed by atoms with Crippen molar-refractivity contribution in [1.29, 1.82) is 0 Å². The Morgan fingerprint density at radius 3 is 2.68 bits per heavy atom. The summed E-state index contributed by atoms with van der Waals surface area (Å²) in [5.74, 6) is 0.854. The summed E-state index contributed by atoms with van der Waals surface area (Å²) >= 11 is 0. The molecule has 0 bridgehead atoms. The molecule has 1 atom stereocenters. The summed E-state index contributed by atoms with van der Waals surface area (Å²) in [7, 11) is 1.56. The zero-order valence-electron chi connectivity index (χ0n) is 12.3. The molecule has 0 spiro atoms. The number of ether oxygens (including phenoxy) is 1. The highest BCUT2D eigenvalue weighted by molar-refractivity contribution is 5.98. The van der Waals surface area contributed by atoms with Gasteiger partial charge in [0.15, 0.2) is 11.5 Å². The van der Waals surface area contributed by atoms with E-state index in [-0.39, 0.29) is 11.7 Å². The SMILES string of the molecule is CCCn1ncc(OC)c1C(=O)C(CN)CC(C)C. The lowest BCUT2D eigenvalue weighted by molar-refractivity contribution is 0.0894. The summed E-state index contributed by atoms with van der Waals surface area (Å²) in [4.78, 5) is 12.6. The number of nitrogens with two attached hydrogens (primary N) is 1. The molecule has 5 heteroatoms. The van der Waals surface area contributed by atoms with Gasteiger partial charge < -0.3 is 10.5 Å². The van der Waals surface area contributed by atoms with Gasteiger partial charge in [0.25, 0.3) is 0 Å². The third-order valence-corrected chi connectivity index (χ3v) is 3.11. The number of nitrogens with zero attached hydrogens (tertiary/aromatic N) is 2. The maximum absolute atomic E-state index is 12.6. The Morgan fingerprint density at radius 2 is 2.21 bits per heavy atom. The van der Waals surface area contributed by atoms with Crippen LogP contribution in [0.15, 0.2) is 6.20 Å². The van der Waals surface area contributed by atoms with Crippen LogP contribution in [0.5, 0.6) is 5.75 Å². The van der Waals surface area contributed by atoms with Crippen LogP contribution in [0.4, 0.5) is 0 Å². The van der Waals surface area contributed by atoms with Crippen LogP contribution < -0.4 is 10.5 Å². The lowest BCUT2D eigenvalue weighted by Gasteiger charge is -2.17. The summed E-state index contributed by atoms with van der Waals surface area (Å²) in [6, 6.07) is 0. The quantitative estimate of drug-likeness (QED) is 0.732. The lowest BCUT2D eigenvalue weighted by atomic mass is 9.91. The molecule has 1 aromatic rings. The lowest BCUT2D eigenvalue weighted by Crippen LogP contribution is -2.27. The van der Waals surface area contributed by atoms with Gasteiger partial charge >= 0.3 is 0 Å². The maximum Gasteiger partial charge on any atom is 0.189 e. The number of rotatable bonds is 8. The molecule has 0 fully saturated rings. The molecule has 0 radical (unpaired) electrons. The molecule has 0 aliphatic carbocycles. The van der Waals surface area contributed by atoms with Crippen molar-refractivity contribution in [2.75, 3.05) is 13.7 Å². The fourth-order valence-electron chi connectivity index (χ4n) is 2.22. The van der Waals surface area contributed by atoms with E-state index >= 15 is 0 Å². The molecular weight excluding hydrogens is 242 g/mol. The molecular formula is C14H25N3O2. The van der Waals surface area contributed by atoms with Gasteiger partial charge in [0.05, 0.1) is 13.3 Å². The van der Waals surface area contributed by atoms with Gasteiger partial charge in [-0.3, -0.25) is 9.48 Å². The number of methoxy groups -OCH3 is 1. The van der Waals surface area contributed by atoms with E-state index in [1.54, 1.807) is 18.0 Å². The van der Waals surface area contributed by atoms with Crippen LogP contribution >= 0.6 is 0 Å². The van der Waals surface area contributed by atoms with Gasteiger partial charge in [-0.15, -0.1) is 0 Å². The summed E-state index contributed by atoms with van der Waals surface area (Å²) < 4.78 is 6.97. The van der Waals surface area contributed by atoms with Crippen LogP contribution in [0, 0.1) is 11.8 Å². The van der Waals surface area contributed by atoms with Crippen molar-refractivity contribution < 1.29 is 9.53 Å². The van der Waals surface area contributed by atoms with E-state index < -0.39 is 0 Å². The second-order valence-corrected chi connectivity index (χ2v) is 5.21. The molecule has 19 heavy (non-hydrogen) atoms. The molecule has 1 heterocycles. The van der Waals surface area contributed by atoms with Crippen LogP contribution in [0.3, 0.4) is 0 Å². The minimum Gasteiger partial charge on any atom is -0.493 e. The standard InChI is InChI=1S/C14H25N3O2/c1-5-6-17-13(12(19-4)9-16-17)14(18)11(8-15)7-10(2)3/h9-11H,5-8,15H2,1-4H3. The molecule has 0 aliphatic rings. The van der Waals surface area contributed by atoms with Crippen LogP contribution in [0.2, 0.25) is 0 Å². The summed E-state index contributed by atoms with van der Waals surface area (Å²) in [5.41, 5.74) is 6.31. The van der Waals surface area contributed by atoms with Gasteiger partial charge in [-0.2, -0.15) is 5.10 Å². The largest absolute Gasteiger partial charge is 0.493 e. The number of aryl methyl sites for hydroxylation is 1. The van der Waals surface area contributed by atoms with Crippen molar-refractivity contribution in [3.8, 4) is 5.75 Å². The summed E-state index contributed by atoms with van der Waals surface area (Å²) in [6.45, 7) is 7.31. The first-order valence-corrected chi connectivity index (χ1v) is 6.89. The zero-order valence-corrected chi connectivity index (χ0v) is 12.3. The van der Waals surface area contributed by atoms with E-state index in [1.165, 1.54) is 0 Å². The molecule has 0 aliphatic heterocycles. The minimum absolute atomic E-state index is 0.0407. The number of hydrogen-bond donors (Lipinski definition) is 1. The second-order valence-electron chi connectivity index (χ2n) is 5.21. The first-order valence-electron chi connectivity index (χ1n) is 6.89. The van der Waals surface area contributed by atoms with Crippen molar-refractivity contribution in [3.05, 3.63) is 11.9 Å². The topological polar surface area (TPSA) is 70.1 Å².